The van der Waals surface area contributed by atoms with E-state index in [1.807, 2.05) is 20.8 Å². The van der Waals surface area contributed by atoms with E-state index in [1.54, 1.807) is 12.3 Å². The van der Waals surface area contributed by atoms with Crippen LogP contribution in [0.25, 0.3) is 0 Å². The summed E-state index contributed by atoms with van der Waals surface area (Å²) >= 11 is 5.86. The molecule has 0 saturated heterocycles. The van der Waals surface area contributed by atoms with Crippen molar-refractivity contribution in [3.8, 4) is 0 Å². The van der Waals surface area contributed by atoms with Crippen LogP contribution < -0.4 is 5.32 Å². The number of anilines is 1. The third-order valence-electron chi connectivity index (χ3n) is 1.68. The first-order valence-corrected chi connectivity index (χ1v) is 5.29. The Bertz CT molecular complexity index is 374. The predicted octanol–water partition coefficient (Wildman–Crippen LogP) is 2.49. The Morgan fingerprint density at radius 1 is 1.56 bits per heavy atom. The highest BCUT2D eigenvalue weighted by molar-refractivity contribution is 6.33. The van der Waals surface area contributed by atoms with Crippen LogP contribution in [-0.2, 0) is 9.53 Å². The third kappa shape index (κ3) is 4.59. The van der Waals surface area contributed by atoms with Gasteiger partial charge in [0.2, 0.25) is 5.91 Å². The number of amides is 1. The molecule has 1 heterocycles. The molecule has 0 aliphatic carbocycles. The smallest absolute Gasteiger partial charge is 0.250 e. The molecule has 0 fully saturated rings. The summed E-state index contributed by atoms with van der Waals surface area (Å²) < 4.78 is 5.33. The highest BCUT2D eigenvalue weighted by atomic mass is 35.5. The van der Waals surface area contributed by atoms with Gasteiger partial charge in [0.25, 0.3) is 0 Å². The Kier molecular flexibility index (Phi) is 4.26. The average Bonchev–Trinajstić information content (AvgIpc) is 2.18. The molecule has 1 rings (SSSR count). The van der Waals surface area contributed by atoms with Gasteiger partial charge in [0.1, 0.15) is 6.61 Å². The molecule has 16 heavy (non-hydrogen) atoms. The molecule has 0 aliphatic rings. The lowest BCUT2D eigenvalue weighted by Crippen LogP contribution is -2.27. The van der Waals surface area contributed by atoms with Crippen molar-refractivity contribution in [3.05, 3.63) is 23.5 Å². The number of carbonyl (C=O) groups excluding carboxylic acids is 1. The van der Waals surface area contributed by atoms with E-state index in [0.29, 0.717) is 10.7 Å². The number of nitrogens with zero attached hydrogens (tertiary/aromatic N) is 1. The number of carbonyl (C=O) groups is 1. The van der Waals surface area contributed by atoms with Crippen LogP contribution in [0.1, 0.15) is 20.8 Å². The van der Waals surface area contributed by atoms with Crippen molar-refractivity contribution in [1.82, 2.24) is 4.98 Å². The minimum Gasteiger partial charge on any atom is -0.366 e. The van der Waals surface area contributed by atoms with E-state index in [0.717, 1.165) is 0 Å². The Balaban J connectivity index is 2.50. The van der Waals surface area contributed by atoms with E-state index >= 15 is 0 Å². The lowest BCUT2D eigenvalue weighted by atomic mass is 10.2. The molecule has 1 amide bonds. The van der Waals surface area contributed by atoms with Crippen LogP contribution in [-0.4, -0.2) is 23.1 Å². The summed E-state index contributed by atoms with van der Waals surface area (Å²) in [5.74, 6) is -0.246. The largest absolute Gasteiger partial charge is 0.366 e. The van der Waals surface area contributed by atoms with Gasteiger partial charge in [0, 0.05) is 6.20 Å². The van der Waals surface area contributed by atoms with Crippen LogP contribution in [0.3, 0.4) is 0 Å². The van der Waals surface area contributed by atoms with E-state index in [-0.39, 0.29) is 18.1 Å². The topological polar surface area (TPSA) is 51.2 Å². The molecule has 0 aliphatic heterocycles. The predicted molar refractivity (Wildman–Crippen MR) is 63.6 cm³/mol. The second kappa shape index (κ2) is 5.27. The summed E-state index contributed by atoms with van der Waals surface area (Å²) in [5.41, 5.74) is 0.155. The maximum Gasteiger partial charge on any atom is 0.250 e. The lowest BCUT2D eigenvalue weighted by molar-refractivity contribution is -0.125. The lowest BCUT2D eigenvalue weighted by Gasteiger charge is -2.19. The molecule has 5 heteroatoms. The minimum absolute atomic E-state index is 0.00523. The highest BCUT2D eigenvalue weighted by Gasteiger charge is 2.13. The van der Waals surface area contributed by atoms with E-state index in [2.05, 4.69) is 10.3 Å². The maximum absolute atomic E-state index is 11.5. The van der Waals surface area contributed by atoms with Gasteiger partial charge < -0.3 is 10.1 Å². The first-order valence-electron chi connectivity index (χ1n) is 4.92. The number of ether oxygens (including phenoxy) is 1. The van der Waals surface area contributed by atoms with Gasteiger partial charge in [-0.05, 0) is 26.8 Å². The van der Waals surface area contributed by atoms with Crippen LogP contribution in [0.2, 0.25) is 5.02 Å². The highest BCUT2D eigenvalue weighted by Crippen LogP contribution is 2.19. The van der Waals surface area contributed by atoms with Gasteiger partial charge >= 0.3 is 0 Å². The first-order chi connectivity index (χ1) is 7.38. The fourth-order valence-corrected chi connectivity index (χ4v) is 1.09. The van der Waals surface area contributed by atoms with Crippen LogP contribution in [0.4, 0.5) is 5.69 Å². The van der Waals surface area contributed by atoms with Crippen molar-refractivity contribution in [3.63, 3.8) is 0 Å². The minimum atomic E-state index is -0.337. The van der Waals surface area contributed by atoms with E-state index in [9.17, 15) is 4.79 Å². The Labute approximate surface area is 100.0 Å². The number of pyridine rings is 1. The summed E-state index contributed by atoms with van der Waals surface area (Å²) in [5, 5.41) is 3.08. The SMILES string of the molecule is CC(C)(C)OCC(=O)Nc1cnccc1Cl. The van der Waals surface area contributed by atoms with Gasteiger partial charge in [0.15, 0.2) is 0 Å². The van der Waals surface area contributed by atoms with Gasteiger partial charge in [-0.3, -0.25) is 9.78 Å². The van der Waals surface area contributed by atoms with Crippen molar-refractivity contribution in [1.29, 1.82) is 0 Å². The van der Waals surface area contributed by atoms with Gasteiger partial charge in [-0.25, -0.2) is 0 Å². The number of halogens is 1. The second-order valence-corrected chi connectivity index (χ2v) is 4.71. The van der Waals surface area contributed by atoms with Crippen LogP contribution in [0.15, 0.2) is 18.5 Å². The van der Waals surface area contributed by atoms with Crippen molar-refractivity contribution in [2.45, 2.75) is 26.4 Å². The van der Waals surface area contributed by atoms with Crippen molar-refractivity contribution < 1.29 is 9.53 Å². The van der Waals surface area contributed by atoms with Gasteiger partial charge in [-0.15, -0.1) is 0 Å². The molecule has 0 radical (unpaired) electrons. The molecular formula is C11H15ClN2O2. The molecule has 4 nitrogen and oxygen atoms in total. The fraction of sp³-hybridized carbons (Fsp3) is 0.455. The molecule has 0 atom stereocenters. The summed E-state index contributed by atoms with van der Waals surface area (Å²) in [6, 6.07) is 1.61. The van der Waals surface area contributed by atoms with Crippen LogP contribution in [0.5, 0.6) is 0 Å². The summed E-state index contributed by atoms with van der Waals surface area (Å²) in [6.07, 6.45) is 3.06. The molecule has 0 unspecified atom stereocenters. The normalized spacial score (nSPS) is 11.2. The number of nitrogens with one attached hydrogen (secondary N) is 1. The Morgan fingerprint density at radius 3 is 2.81 bits per heavy atom. The second-order valence-electron chi connectivity index (χ2n) is 4.30. The van der Waals surface area contributed by atoms with Gasteiger partial charge in [-0.2, -0.15) is 0 Å². The molecule has 1 aromatic heterocycles. The maximum atomic E-state index is 11.5. The zero-order chi connectivity index (χ0) is 12.2. The molecule has 1 N–H and O–H groups in total. The summed E-state index contributed by atoms with van der Waals surface area (Å²) in [4.78, 5) is 15.4. The van der Waals surface area contributed by atoms with Crippen molar-refractivity contribution in [2.75, 3.05) is 11.9 Å². The molecule has 0 aromatic carbocycles. The Morgan fingerprint density at radius 2 is 2.25 bits per heavy atom. The molecule has 0 bridgehead atoms. The fourth-order valence-electron chi connectivity index (χ4n) is 0.938. The number of rotatable bonds is 3. The molecule has 88 valence electrons. The molecule has 0 saturated carbocycles. The average molecular weight is 243 g/mol. The van der Waals surface area contributed by atoms with E-state index in [1.165, 1.54) is 6.20 Å². The van der Waals surface area contributed by atoms with E-state index < -0.39 is 0 Å². The molecule has 0 spiro atoms. The van der Waals surface area contributed by atoms with Crippen molar-refractivity contribution >= 4 is 23.2 Å². The van der Waals surface area contributed by atoms with Crippen molar-refractivity contribution in [2.24, 2.45) is 0 Å². The zero-order valence-corrected chi connectivity index (χ0v) is 10.3. The number of hydrogen-bond donors (Lipinski definition) is 1. The summed E-state index contributed by atoms with van der Waals surface area (Å²) in [6.45, 7) is 5.65. The van der Waals surface area contributed by atoms with Crippen LogP contribution >= 0.6 is 11.6 Å². The first kappa shape index (κ1) is 12.9. The summed E-state index contributed by atoms with van der Waals surface area (Å²) in [7, 11) is 0. The standard InChI is InChI=1S/C11H15ClN2O2/c1-11(2,3)16-7-10(15)14-9-6-13-5-4-8(9)12/h4-6H,7H2,1-3H3,(H,14,15). The van der Waals surface area contributed by atoms with Gasteiger partial charge in [0.05, 0.1) is 22.5 Å². The monoisotopic (exact) mass is 242 g/mol. The van der Waals surface area contributed by atoms with Crippen LogP contribution in [0, 0.1) is 0 Å². The zero-order valence-electron chi connectivity index (χ0n) is 9.58. The molecule has 1 aromatic rings. The molecular weight excluding hydrogens is 228 g/mol. The van der Waals surface area contributed by atoms with Gasteiger partial charge in [-0.1, -0.05) is 11.6 Å². The van der Waals surface area contributed by atoms with E-state index in [4.69, 9.17) is 16.3 Å². The number of aromatic nitrogens is 1. The Hall–Kier alpha value is -1.13. The quantitative estimate of drug-likeness (QED) is 0.886. The third-order valence-corrected chi connectivity index (χ3v) is 2.01. The number of hydrogen-bond acceptors (Lipinski definition) is 3.